The van der Waals surface area contributed by atoms with Gasteiger partial charge in [0.15, 0.2) is 5.79 Å². The topological polar surface area (TPSA) is 29.5 Å². The van der Waals surface area contributed by atoms with Gasteiger partial charge in [0.1, 0.15) is 0 Å². The lowest BCUT2D eigenvalue weighted by atomic mass is 9.85. The number of ether oxygens (including phenoxy) is 1. The van der Waals surface area contributed by atoms with Crippen LogP contribution in [-0.2, 0) is 4.74 Å². The largest absolute Gasteiger partial charge is 0.366 e. The molecular weight excluding hydrogens is 188 g/mol. The Morgan fingerprint density at radius 2 is 1.93 bits per heavy atom. The normalized spacial score (nSPS) is 22.6. The second kappa shape index (κ2) is 6.49. The fourth-order valence-corrected chi connectivity index (χ4v) is 2.58. The van der Waals surface area contributed by atoms with E-state index in [0.717, 1.165) is 18.8 Å². The summed E-state index contributed by atoms with van der Waals surface area (Å²) in [7, 11) is 0. The Labute approximate surface area is 94.0 Å². The zero-order valence-electron chi connectivity index (χ0n) is 10.3. The van der Waals surface area contributed by atoms with E-state index < -0.39 is 5.79 Å². The first-order valence-electron chi connectivity index (χ1n) is 6.50. The standard InChI is InChI=1S/C13H26O2/c1-3-15-13(2,14)11-7-10-12-8-5-4-6-9-12/h12,14H,3-11H2,1-2H3. The first-order chi connectivity index (χ1) is 7.14. The van der Waals surface area contributed by atoms with Gasteiger partial charge in [0.05, 0.1) is 0 Å². The summed E-state index contributed by atoms with van der Waals surface area (Å²) in [5.41, 5.74) is 0. The summed E-state index contributed by atoms with van der Waals surface area (Å²) >= 11 is 0. The molecule has 1 rings (SSSR count). The van der Waals surface area contributed by atoms with Gasteiger partial charge in [-0.25, -0.2) is 0 Å². The minimum atomic E-state index is -0.899. The minimum absolute atomic E-state index is 0.594. The maximum Gasteiger partial charge on any atom is 0.162 e. The van der Waals surface area contributed by atoms with Crippen molar-refractivity contribution in [1.29, 1.82) is 0 Å². The van der Waals surface area contributed by atoms with E-state index in [-0.39, 0.29) is 0 Å². The molecule has 1 N–H and O–H groups in total. The SMILES string of the molecule is CCOC(C)(O)CCCC1CCCCC1. The Hall–Kier alpha value is -0.0800. The van der Waals surface area contributed by atoms with Gasteiger partial charge in [-0.15, -0.1) is 0 Å². The molecule has 2 heteroatoms. The minimum Gasteiger partial charge on any atom is -0.366 e. The molecule has 2 nitrogen and oxygen atoms in total. The Morgan fingerprint density at radius 1 is 1.27 bits per heavy atom. The van der Waals surface area contributed by atoms with E-state index in [4.69, 9.17) is 4.74 Å². The number of rotatable bonds is 6. The lowest BCUT2D eigenvalue weighted by molar-refractivity contribution is -0.191. The summed E-state index contributed by atoms with van der Waals surface area (Å²) in [5, 5.41) is 9.82. The van der Waals surface area contributed by atoms with E-state index in [1.165, 1.54) is 38.5 Å². The van der Waals surface area contributed by atoms with Gasteiger partial charge in [-0.2, -0.15) is 0 Å². The summed E-state index contributed by atoms with van der Waals surface area (Å²) in [6, 6.07) is 0. The molecule has 0 heterocycles. The fourth-order valence-electron chi connectivity index (χ4n) is 2.58. The van der Waals surface area contributed by atoms with Crippen LogP contribution in [0.4, 0.5) is 0 Å². The highest BCUT2D eigenvalue weighted by Gasteiger charge is 2.21. The van der Waals surface area contributed by atoms with E-state index in [2.05, 4.69) is 0 Å². The van der Waals surface area contributed by atoms with Crippen LogP contribution in [0, 0.1) is 5.92 Å². The van der Waals surface area contributed by atoms with Gasteiger partial charge < -0.3 is 9.84 Å². The molecule has 15 heavy (non-hydrogen) atoms. The lowest BCUT2D eigenvalue weighted by Gasteiger charge is -2.25. The van der Waals surface area contributed by atoms with Gasteiger partial charge in [0.2, 0.25) is 0 Å². The quantitative estimate of drug-likeness (QED) is 0.686. The molecule has 0 saturated heterocycles. The van der Waals surface area contributed by atoms with Crippen LogP contribution in [0.2, 0.25) is 0 Å². The van der Waals surface area contributed by atoms with E-state index in [9.17, 15) is 5.11 Å². The molecule has 1 atom stereocenters. The summed E-state index contributed by atoms with van der Waals surface area (Å²) in [6.07, 6.45) is 10.2. The summed E-state index contributed by atoms with van der Waals surface area (Å²) < 4.78 is 5.27. The van der Waals surface area contributed by atoms with Crippen LogP contribution in [0.25, 0.3) is 0 Å². The van der Waals surface area contributed by atoms with Crippen LogP contribution >= 0.6 is 0 Å². The smallest absolute Gasteiger partial charge is 0.162 e. The molecule has 0 aromatic carbocycles. The summed E-state index contributed by atoms with van der Waals surface area (Å²) in [4.78, 5) is 0. The fraction of sp³-hybridized carbons (Fsp3) is 1.00. The molecule has 1 fully saturated rings. The average molecular weight is 214 g/mol. The number of hydrogen-bond acceptors (Lipinski definition) is 2. The molecule has 0 bridgehead atoms. The summed E-state index contributed by atoms with van der Waals surface area (Å²) in [6.45, 7) is 4.30. The van der Waals surface area contributed by atoms with Gasteiger partial charge >= 0.3 is 0 Å². The van der Waals surface area contributed by atoms with Crippen LogP contribution in [0.15, 0.2) is 0 Å². The van der Waals surface area contributed by atoms with Crippen LogP contribution in [0.3, 0.4) is 0 Å². The summed E-state index contributed by atoms with van der Waals surface area (Å²) in [5.74, 6) is 0.0137. The second-order valence-electron chi connectivity index (χ2n) is 5.00. The van der Waals surface area contributed by atoms with Crippen molar-refractivity contribution in [3.05, 3.63) is 0 Å². The Kier molecular flexibility index (Phi) is 5.62. The highest BCUT2D eigenvalue weighted by atomic mass is 16.6. The van der Waals surface area contributed by atoms with Gasteiger partial charge in [-0.1, -0.05) is 38.5 Å². The van der Waals surface area contributed by atoms with Crippen molar-refractivity contribution in [2.45, 2.75) is 71.0 Å². The van der Waals surface area contributed by atoms with Crippen molar-refractivity contribution in [3.63, 3.8) is 0 Å². The highest BCUT2D eigenvalue weighted by molar-refractivity contribution is 4.68. The first-order valence-corrected chi connectivity index (χ1v) is 6.50. The Balaban J connectivity index is 2.09. The molecule has 1 aliphatic rings. The van der Waals surface area contributed by atoms with Crippen LogP contribution in [0.1, 0.15) is 65.2 Å². The molecule has 0 aromatic heterocycles. The zero-order chi connectivity index (χ0) is 11.1. The van der Waals surface area contributed by atoms with Crippen LogP contribution < -0.4 is 0 Å². The molecule has 0 amide bonds. The van der Waals surface area contributed by atoms with Gasteiger partial charge in [-0.3, -0.25) is 0 Å². The molecule has 90 valence electrons. The molecule has 1 aliphatic carbocycles. The number of aliphatic hydroxyl groups is 1. The van der Waals surface area contributed by atoms with Gasteiger partial charge in [0, 0.05) is 13.0 Å². The predicted octanol–water partition coefficient (Wildman–Crippen LogP) is 3.48. The number of hydrogen-bond donors (Lipinski definition) is 1. The molecule has 0 aliphatic heterocycles. The van der Waals surface area contributed by atoms with Crippen LogP contribution in [0.5, 0.6) is 0 Å². The Bertz CT molecular complexity index is 160. The molecule has 0 spiro atoms. The van der Waals surface area contributed by atoms with Crippen molar-refractivity contribution >= 4 is 0 Å². The predicted molar refractivity (Wildman–Crippen MR) is 62.7 cm³/mol. The van der Waals surface area contributed by atoms with E-state index in [0.29, 0.717) is 6.61 Å². The second-order valence-corrected chi connectivity index (χ2v) is 5.00. The third kappa shape index (κ3) is 5.53. The van der Waals surface area contributed by atoms with Gasteiger partial charge in [-0.05, 0) is 26.2 Å². The Morgan fingerprint density at radius 3 is 2.53 bits per heavy atom. The molecule has 1 unspecified atom stereocenters. The van der Waals surface area contributed by atoms with Crippen molar-refractivity contribution in [1.82, 2.24) is 0 Å². The van der Waals surface area contributed by atoms with E-state index in [1.807, 2.05) is 6.92 Å². The van der Waals surface area contributed by atoms with E-state index >= 15 is 0 Å². The van der Waals surface area contributed by atoms with Crippen LogP contribution in [-0.4, -0.2) is 17.5 Å². The monoisotopic (exact) mass is 214 g/mol. The average Bonchev–Trinajstić information content (AvgIpc) is 2.19. The van der Waals surface area contributed by atoms with Crippen molar-refractivity contribution < 1.29 is 9.84 Å². The maximum atomic E-state index is 9.82. The zero-order valence-corrected chi connectivity index (χ0v) is 10.3. The van der Waals surface area contributed by atoms with Gasteiger partial charge in [0.25, 0.3) is 0 Å². The molecule has 0 radical (unpaired) electrons. The maximum absolute atomic E-state index is 9.82. The molecular formula is C13H26O2. The third-order valence-corrected chi connectivity index (χ3v) is 3.43. The van der Waals surface area contributed by atoms with Crippen molar-refractivity contribution in [2.24, 2.45) is 5.92 Å². The molecule has 0 aromatic rings. The van der Waals surface area contributed by atoms with E-state index in [1.54, 1.807) is 6.92 Å². The van der Waals surface area contributed by atoms with Crippen molar-refractivity contribution in [2.75, 3.05) is 6.61 Å². The molecule has 1 saturated carbocycles. The van der Waals surface area contributed by atoms with Crippen molar-refractivity contribution in [3.8, 4) is 0 Å². The first kappa shape index (κ1) is 13.0. The lowest BCUT2D eigenvalue weighted by Crippen LogP contribution is -2.28. The third-order valence-electron chi connectivity index (χ3n) is 3.43. The highest BCUT2D eigenvalue weighted by Crippen LogP contribution is 2.28.